The fourth-order valence-corrected chi connectivity index (χ4v) is 5.45. The Bertz CT molecular complexity index is 850. The molecule has 3 rings (SSSR count). The molecule has 1 heterocycles. The fraction of sp³-hybridized carbons (Fsp3) is 0.500. The van der Waals surface area contributed by atoms with Gasteiger partial charge in [0.1, 0.15) is 6.54 Å². The first kappa shape index (κ1) is 23.4. The Morgan fingerprint density at radius 3 is 2.30 bits per heavy atom. The van der Waals surface area contributed by atoms with Gasteiger partial charge in [0.25, 0.3) is 5.91 Å². The summed E-state index contributed by atoms with van der Waals surface area (Å²) in [6, 6.07) is 5.47. The molecule has 2 aliphatic rings. The van der Waals surface area contributed by atoms with E-state index in [9.17, 15) is 19.2 Å². The average Bonchev–Trinajstić information content (AvgIpc) is 2.92. The number of carbonyl (C=O) groups is 4. The molecule has 2 fully saturated rings. The molecule has 1 aromatic rings. The van der Waals surface area contributed by atoms with Gasteiger partial charge in [0.15, 0.2) is 6.61 Å². The molecule has 1 saturated carbocycles. The van der Waals surface area contributed by atoms with Gasteiger partial charge in [0.2, 0.25) is 11.8 Å². The quantitative estimate of drug-likeness (QED) is 0.304. The normalized spacial score (nSPS) is 25.8. The molecule has 0 bridgehead atoms. The zero-order chi connectivity index (χ0) is 22.0. The zero-order valence-corrected chi connectivity index (χ0v) is 21.0. The maximum Gasteiger partial charge on any atom is 0.326 e. The second-order valence-corrected chi connectivity index (χ2v) is 10.6. The number of rotatable bonds is 6. The number of benzene rings is 1. The summed E-state index contributed by atoms with van der Waals surface area (Å²) in [7, 11) is 0. The molecule has 0 spiro atoms. The molecule has 7 nitrogen and oxygen atoms in total. The van der Waals surface area contributed by atoms with Crippen molar-refractivity contribution in [1.29, 1.82) is 0 Å². The van der Waals surface area contributed by atoms with E-state index >= 15 is 0 Å². The predicted molar refractivity (Wildman–Crippen MR) is 121 cm³/mol. The zero-order valence-electron chi connectivity index (χ0n) is 16.2. The molecule has 1 N–H and O–H groups in total. The van der Waals surface area contributed by atoms with Crippen LogP contribution in [0.2, 0.25) is 0 Å². The SMILES string of the molecule is CCc1cc(Br)ccc1NC(=O)COC(=O)CN1C(=O)[C@H]2C[C@@H](Br)[C@@H](Br)C[C@H]2C1=O. The molecule has 1 aliphatic heterocycles. The summed E-state index contributed by atoms with van der Waals surface area (Å²) in [6.07, 6.45) is 1.79. The van der Waals surface area contributed by atoms with E-state index in [1.165, 1.54) is 0 Å². The molecule has 4 atom stereocenters. The van der Waals surface area contributed by atoms with Crippen LogP contribution in [0, 0.1) is 11.8 Å². The number of aryl methyl sites for hydroxylation is 1. The van der Waals surface area contributed by atoms with Crippen molar-refractivity contribution in [3.8, 4) is 0 Å². The molecular formula is C20H21Br3N2O5. The van der Waals surface area contributed by atoms with Crippen molar-refractivity contribution < 1.29 is 23.9 Å². The lowest BCUT2D eigenvalue weighted by molar-refractivity contribution is -0.154. The molecule has 0 unspecified atom stereocenters. The second kappa shape index (κ2) is 9.91. The van der Waals surface area contributed by atoms with Crippen molar-refractivity contribution in [2.24, 2.45) is 11.8 Å². The van der Waals surface area contributed by atoms with E-state index in [4.69, 9.17) is 4.74 Å². The minimum atomic E-state index is -0.789. The predicted octanol–water partition coefficient (Wildman–Crippen LogP) is 3.42. The Morgan fingerprint density at radius 2 is 1.73 bits per heavy atom. The van der Waals surface area contributed by atoms with Crippen LogP contribution in [0.15, 0.2) is 22.7 Å². The first-order chi connectivity index (χ1) is 14.2. The largest absolute Gasteiger partial charge is 0.454 e. The van der Waals surface area contributed by atoms with Crippen molar-refractivity contribution >= 4 is 77.2 Å². The van der Waals surface area contributed by atoms with Gasteiger partial charge < -0.3 is 10.1 Å². The highest BCUT2D eigenvalue weighted by Gasteiger charge is 2.52. The minimum absolute atomic E-state index is 0.0951. The molecule has 10 heteroatoms. The van der Waals surface area contributed by atoms with Crippen LogP contribution in [0.5, 0.6) is 0 Å². The highest BCUT2D eigenvalue weighted by Crippen LogP contribution is 2.43. The van der Waals surface area contributed by atoms with E-state index in [2.05, 4.69) is 53.1 Å². The van der Waals surface area contributed by atoms with Gasteiger partial charge >= 0.3 is 5.97 Å². The highest BCUT2D eigenvalue weighted by molar-refractivity contribution is 9.12. The summed E-state index contributed by atoms with van der Waals surface area (Å²) in [5, 5.41) is 2.71. The van der Waals surface area contributed by atoms with Gasteiger partial charge in [-0.3, -0.25) is 24.1 Å². The number of anilines is 1. The van der Waals surface area contributed by atoms with Crippen LogP contribution < -0.4 is 5.32 Å². The number of likely N-dealkylation sites (tertiary alicyclic amines) is 1. The van der Waals surface area contributed by atoms with Crippen molar-refractivity contribution in [2.45, 2.75) is 35.8 Å². The third-order valence-electron chi connectivity index (χ3n) is 5.38. The first-order valence-electron chi connectivity index (χ1n) is 9.58. The third-order valence-corrected chi connectivity index (χ3v) is 8.60. The number of imide groups is 1. The summed E-state index contributed by atoms with van der Waals surface area (Å²) in [5.74, 6) is -2.82. The number of alkyl halides is 2. The van der Waals surface area contributed by atoms with E-state index in [1.54, 1.807) is 12.1 Å². The Hall–Kier alpha value is -1.26. The summed E-state index contributed by atoms with van der Waals surface area (Å²) in [6.45, 7) is 0.999. The van der Waals surface area contributed by atoms with Crippen LogP contribution in [0.4, 0.5) is 5.69 Å². The Labute approximate surface area is 199 Å². The number of ether oxygens (including phenoxy) is 1. The molecule has 30 heavy (non-hydrogen) atoms. The van der Waals surface area contributed by atoms with Crippen LogP contribution >= 0.6 is 47.8 Å². The van der Waals surface area contributed by atoms with E-state index < -0.39 is 36.9 Å². The lowest BCUT2D eigenvalue weighted by Gasteiger charge is -2.29. The maximum absolute atomic E-state index is 12.6. The van der Waals surface area contributed by atoms with Crippen LogP contribution in [-0.2, 0) is 30.3 Å². The molecular weight excluding hydrogens is 588 g/mol. The van der Waals surface area contributed by atoms with Gasteiger partial charge in [0.05, 0.1) is 11.8 Å². The van der Waals surface area contributed by atoms with Crippen LogP contribution in [0.3, 0.4) is 0 Å². The average molecular weight is 609 g/mol. The van der Waals surface area contributed by atoms with Crippen LogP contribution in [0.25, 0.3) is 0 Å². The molecule has 1 aromatic carbocycles. The van der Waals surface area contributed by atoms with Gasteiger partial charge in [-0.1, -0.05) is 54.7 Å². The molecule has 0 aromatic heterocycles. The number of carbonyl (C=O) groups excluding carboxylic acids is 4. The van der Waals surface area contributed by atoms with Crippen LogP contribution in [-0.4, -0.2) is 51.4 Å². The topological polar surface area (TPSA) is 92.8 Å². The second-order valence-electron chi connectivity index (χ2n) is 7.34. The van der Waals surface area contributed by atoms with Gasteiger partial charge in [-0.05, 0) is 43.0 Å². The molecule has 1 saturated heterocycles. The summed E-state index contributed by atoms with van der Waals surface area (Å²) in [5.41, 5.74) is 1.58. The highest BCUT2D eigenvalue weighted by atomic mass is 79.9. The Balaban J connectivity index is 1.53. The van der Waals surface area contributed by atoms with Gasteiger partial charge in [-0.15, -0.1) is 0 Å². The Kier molecular flexibility index (Phi) is 7.73. The summed E-state index contributed by atoms with van der Waals surface area (Å²) >= 11 is 10.4. The van der Waals surface area contributed by atoms with Gasteiger partial charge in [-0.25, -0.2) is 0 Å². The van der Waals surface area contributed by atoms with Crippen molar-refractivity contribution in [1.82, 2.24) is 4.90 Å². The van der Waals surface area contributed by atoms with Crippen molar-refractivity contribution in [2.75, 3.05) is 18.5 Å². The van der Waals surface area contributed by atoms with Crippen LogP contribution in [0.1, 0.15) is 25.3 Å². The monoisotopic (exact) mass is 606 g/mol. The first-order valence-corrected chi connectivity index (χ1v) is 12.2. The molecule has 162 valence electrons. The number of esters is 1. The number of hydrogen-bond acceptors (Lipinski definition) is 5. The Morgan fingerprint density at radius 1 is 1.13 bits per heavy atom. The summed E-state index contributed by atoms with van der Waals surface area (Å²) in [4.78, 5) is 50.7. The van der Waals surface area contributed by atoms with E-state index in [0.717, 1.165) is 21.4 Å². The van der Waals surface area contributed by atoms with Gasteiger partial charge in [0, 0.05) is 19.8 Å². The van der Waals surface area contributed by atoms with E-state index in [-0.39, 0.29) is 21.5 Å². The molecule has 0 radical (unpaired) electrons. The number of fused-ring (bicyclic) bond motifs is 1. The van der Waals surface area contributed by atoms with Crippen molar-refractivity contribution in [3.05, 3.63) is 28.2 Å². The van der Waals surface area contributed by atoms with E-state index in [1.807, 2.05) is 13.0 Å². The molecule has 1 aliphatic carbocycles. The summed E-state index contributed by atoms with van der Waals surface area (Å²) < 4.78 is 5.91. The minimum Gasteiger partial charge on any atom is -0.454 e. The molecule has 3 amide bonds. The number of hydrogen-bond donors (Lipinski definition) is 1. The maximum atomic E-state index is 12.6. The number of nitrogens with zero attached hydrogens (tertiary/aromatic N) is 1. The van der Waals surface area contributed by atoms with Crippen molar-refractivity contribution in [3.63, 3.8) is 0 Å². The standard InChI is InChI=1S/C20H21Br3N2O5/c1-2-10-5-11(21)3-4-16(10)24-17(26)9-30-18(27)8-25-19(28)12-6-14(22)15(23)7-13(12)20(25)29/h3-5,12-15H,2,6-9H2,1H3,(H,24,26)/t12-,13+,14+,15-. The van der Waals surface area contributed by atoms with E-state index in [0.29, 0.717) is 18.5 Å². The lowest BCUT2D eigenvalue weighted by Crippen LogP contribution is -2.37. The lowest BCUT2D eigenvalue weighted by atomic mass is 9.81. The smallest absolute Gasteiger partial charge is 0.326 e. The fourth-order valence-electron chi connectivity index (χ4n) is 3.80. The number of nitrogens with one attached hydrogen (secondary N) is 1. The van der Waals surface area contributed by atoms with Gasteiger partial charge in [-0.2, -0.15) is 0 Å². The number of amides is 3. The number of halogens is 3. The third kappa shape index (κ3) is 5.13.